The van der Waals surface area contributed by atoms with Crippen molar-refractivity contribution in [2.45, 2.75) is 64.2 Å². The molecule has 2 aromatic rings. The van der Waals surface area contributed by atoms with Crippen LogP contribution < -0.4 is 4.90 Å². The molecule has 0 fully saturated rings. The normalized spacial score (nSPS) is 18.6. The van der Waals surface area contributed by atoms with E-state index < -0.39 is 20.2 Å². The molecular formula is C35H45N2O6S2+. The van der Waals surface area contributed by atoms with Gasteiger partial charge in [0.15, 0.2) is 5.71 Å². The summed E-state index contributed by atoms with van der Waals surface area (Å²) >= 11 is 0. The molecule has 10 heteroatoms. The summed E-state index contributed by atoms with van der Waals surface area (Å²) in [6.45, 7) is 10.1. The van der Waals surface area contributed by atoms with E-state index in [9.17, 15) is 16.8 Å². The van der Waals surface area contributed by atoms with Crippen molar-refractivity contribution in [3.63, 3.8) is 0 Å². The predicted molar refractivity (Wildman–Crippen MR) is 183 cm³/mol. The SMILES string of the molecule is CC1(C)C(/C=C/C=C/C=C/C=C2/N(CCCCS(=O)(=O)O)c3ccccc3C2(C)C)=[N+](CCCCS(=O)(=O)O)c2ccccc21. The van der Waals surface area contributed by atoms with Crippen LogP contribution in [0.1, 0.15) is 64.5 Å². The molecule has 45 heavy (non-hydrogen) atoms. The maximum absolute atomic E-state index is 11.2. The Kier molecular flexibility index (Phi) is 10.7. The third-order valence-electron chi connectivity index (χ3n) is 8.62. The number of allylic oxidation sites excluding steroid dienone is 8. The molecule has 0 bridgehead atoms. The molecular weight excluding hydrogens is 609 g/mol. The monoisotopic (exact) mass is 653 g/mol. The number of rotatable bonds is 14. The van der Waals surface area contributed by atoms with E-state index >= 15 is 0 Å². The number of nitrogens with zero attached hydrogens (tertiary/aromatic N) is 2. The van der Waals surface area contributed by atoms with Gasteiger partial charge in [0.05, 0.1) is 16.9 Å². The molecule has 242 valence electrons. The molecule has 0 aromatic heterocycles. The van der Waals surface area contributed by atoms with Crippen molar-refractivity contribution in [2.24, 2.45) is 0 Å². The molecule has 2 aromatic carbocycles. The van der Waals surface area contributed by atoms with Gasteiger partial charge in [-0.2, -0.15) is 21.4 Å². The highest BCUT2D eigenvalue weighted by Crippen LogP contribution is 2.47. The van der Waals surface area contributed by atoms with Gasteiger partial charge in [-0.1, -0.05) is 80.6 Å². The average Bonchev–Trinajstić information content (AvgIpc) is 3.30. The second kappa shape index (κ2) is 14.0. The van der Waals surface area contributed by atoms with Gasteiger partial charge in [-0.05, 0) is 50.8 Å². The summed E-state index contributed by atoms with van der Waals surface area (Å²) in [6, 6.07) is 16.5. The van der Waals surface area contributed by atoms with Gasteiger partial charge >= 0.3 is 0 Å². The Balaban J connectivity index is 1.49. The van der Waals surface area contributed by atoms with E-state index in [0.29, 0.717) is 38.8 Å². The van der Waals surface area contributed by atoms with Crippen molar-refractivity contribution in [3.8, 4) is 0 Å². The Morgan fingerprint density at radius 2 is 1.29 bits per heavy atom. The van der Waals surface area contributed by atoms with Crippen LogP contribution in [-0.2, 0) is 31.1 Å². The minimum atomic E-state index is -3.97. The number of anilines is 1. The van der Waals surface area contributed by atoms with Gasteiger partial charge in [-0.15, -0.1) is 0 Å². The molecule has 0 spiro atoms. The topological polar surface area (TPSA) is 115 Å². The number of fused-ring (bicyclic) bond motifs is 2. The molecule has 2 heterocycles. The van der Waals surface area contributed by atoms with Crippen molar-refractivity contribution in [1.82, 2.24) is 0 Å². The van der Waals surface area contributed by atoms with E-state index in [1.54, 1.807) is 0 Å². The van der Waals surface area contributed by atoms with E-state index in [-0.39, 0.29) is 22.3 Å². The standard InChI is InChI=1S/C35H44N2O6S2/c1-34(2)28-18-10-12-20-30(28)36(24-14-16-26-44(38,39)40)32(34)22-8-6-5-7-9-23-33-35(3,4)29-19-11-13-21-31(29)37(33)25-15-17-27-45(41,42)43/h5-13,18-23H,14-17,24-27H2,1-4H3,(H-,38,39,40,41,42,43)/p+1. The summed E-state index contributed by atoms with van der Waals surface area (Å²) in [5.41, 5.74) is 6.48. The van der Waals surface area contributed by atoms with Gasteiger partial charge in [0, 0.05) is 47.5 Å². The van der Waals surface area contributed by atoms with E-state index in [1.165, 1.54) is 11.1 Å². The van der Waals surface area contributed by atoms with E-state index in [0.717, 1.165) is 22.8 Å². The Morgan fingerprint density at radius 3 is 1.98 bits per heavy atom. The minimum Gasteiger partial charge on any atom is -0.344 e. The molecule has 2 aliphatic rings. The summed E-state index contributed by atoms with van der Waals surface area (Å²) in [7, 11) is -7.94. The molecule has 0 atom stereocenters. The summed E-state index contributed by atoms with van der Waals surface area (Å²) < 4.78 is 65.2. The molecule has 0 radical (unpaired) electrons. The highest BCUT2D eigenvalue weighted by molar-refractivity contribution is 7.86. The lowest BCUT2D eigenvalue weighted by Crippen LogP contribution is -2.28. The average molecular weight is 654 g/mol. The maximum Gasteiger partial charge on any atom is 0.264 e. The van der Waals surface area contributed by atoms with Crippen molar-refractivity contribution < 1.29 is 30.5 Å². The third kappa shape index (κ3) is 8.49. The smallest absolute Gasteiger partial charge is 0.264 e. The van der Waals surface area contributed by atoms with Crippen LogP contribution in [0.15, 0.2) is 96.8 Å². The van der Waals surface area contributed by atoms with Gasteiger partial charge in [-0.25, -0.2) is 0 Å². The predicted octanol–water partition coefficient (Wildman–Crippen LogP) is 6.75. The number of hydrogen-bond donors (Lipinski definition) is 2. The fraction of sp³-hybridized carbons (Fsp3) is 0.400. The van der Waals surface area contributed by atoms with E-state index in [1.807, 2.05) is 54.6 Å². The molecule has 4 rings (SSSR count). The summed E-state index contributed by atoms with van der Waals surface area (Å²) in [4.78, 5) is 2.24. The van der Waals surface area contributed by atoms with E-state index in [4.69, 9.17) is 9.11 Å². The Labute approximate surface area is 268 Å². The molecule has 0 saturated carbocycles. The van der Waals surface area contributed by atoms with Gasteiger partial charge in [-0.3, -0.25) is 9.11 Å². The first kappa shape index (κ1) is 34.6. The highest BCUT2D eigenvalue weighted by atomic mass is 32.2. The molecule has 2 N–H and O–H groups in total. The van der Waals surface area contributed by atoms with Gasteiger partial charge in [0.2, 0.25) is 5.69 Å². The lowest BCUT2D eigenvalue weighted by molar-refractivity contribution is -0.438. The fourth-order valence-electron chi connectivity index (χ4n) is 6.36. The quantitative estimate of drug-likeness (QED) is 0.100. The Morgan fingerprint density at radius 1 is 0.711 bits per heavy atom. The summed E-state index contributed by atoms with van der Waals surface area (Å²) in [5.74, 6) is -0.477. The van der Waals surface area contributed by atoms with Crippen molar-refractivity contribution in [3.05, 3.63) is 108 Å². The minimum absolute atomic E-state index is 0.224. The zero-order valence-corrected chi connectivity index (χ0v) is 28.2. The van der Waals surface area contributed by atoms with Gasteiger partial charge < -0.3 is 4.90 Å². The Hall–Kier alpha value is -3.31. The van der Waals surface area contributed by atoms with Crippen LogP contribution >= 0.6 is 0 Å². The first-order valence-corrected chi connectivity index (χ1v) is 18.6. The van der Waals surface area contributed by atoms with Crippen LogP contribution in [0.4, 0.5) is 11.4 Å². The summed E-state index contributed by atoms with van der Waals surface area (Å²) in [5, 5.41) is 0. The van der Waals surface area contributed by atoms with Crippen molar-refractivity contribution in [2.75, 3.05) is 29.5 Å². The molecule has 8 nitrogen and oxygen atoms in total. The largest absolute Gasteiger partial charge is 0.344 e. The number of benzene rings is 2. The lowest BCUT2D eigenvalue weighted by Gasteiger charge is -2.27. The van der Waals surface area contributed by atoms with Crippen molar-refractivity contribution in [1.29, 1.82) is 0 Å². The number of unbranched alkanes of at least 4 members (excludes halogenated alkanes) is 2. The second-order valence-electron chi connectivity index (χ2n) is 12.6. The molecule has 2 aliphatic heterocycles. The molecule has 0 aliphatic carbocycles. The third-order valence-corrected chi connectivity index (χ3v) is 10.2. The number of para-hydroxylation sites is 2. The van der Waals surface area contributed by atoms with Crippen LogP contribution in [0.3, 0.4) is 0 Å². The van der Waals surface area contributed by atoms with Crippen LogP contribution in [0.2, 0.25) is 0 Å². The highest BCUT2D eigenvalue weighted by Gasteiger charge is 2.43. The zero-order chi connectivity index (χ0) is 32.9. The Bertz CT molecular complexity index is 1760. The molecule has 0 amide bonds. The van der Waals surface area contributed by atoms with Gasteiger partial charge in [0.25, 0.3) is 20.2 Å². The second-order valence-corrected chi connectivity index (χ2v) is 15.8. The maximum atomic E-state index is 11.2. The van der Waals surface area contributed by atoms with Crippen LogP contribution in [0, 0.1) is 0 Å². The zero-order valence-electron chi connectivity index (χ0n) is 26.6. The fourth-order valence-corrected chi connectivity index (χ4v) is 7.50. The van der Waals surface area contributed by atoms with E-state index in [2.05, 4.69) is 73.6 Å². The van der Waals surface area contributed by atoms with Gasteiger partial charge in [0.1, 0.15) is 6.54 Å². The summed E-state index contributed by atoms with van der Waals surface area (Å²) in [6.07, 6.45) is 16.2. The number of hydrogen-bond acceptors (Lipinski definition) is 5. The molecule has 0 saturated heterocycles. The van der Waals surface area contributed by atoms with Crippen LogP contribution in [-0.4, -0.2) is 60.8 Å². The van der Waals surface area contributed by atoms with Crippen LogP contribution in [0.25, 0.3) is 0 Å². The lowest BCUT2D eigenvalue weighted by atomic mass is 9.81. The van der Waals surface area contributed by atoms with Crippen LogP contribution in [0.5, 0.6) is 0 Å². The molecule has 0 unspecified atom stereocenters. The van der Waals surface area contributed by atoms with Crippen molar-refractivity contribution >= 4 is 37.3 Å². The first-order chi connectivity index (χ1) is 21.1. The first-order valence-electron chi connectivity index (χ1n) is 15.4.